The third-order valence-electron chi connectivity index (χ3n) is 5.57. The summed E-state index contributed by atoms with van der Waals surface area (Å²) >= 11 is 0. The number of aryl methyl sites for hydroxylation is 2. The lowest BCUT2D eigenvalue weighted by molar-refractivity contribution is 0.0979. The number of fused-ring (bicyclic) bond motifs is 3. The van der Waals surface area contributed by atoms with Crippen molar-refractivity contribution in [3.63, 3.8) is 0 Å². The Morgan fingerprint density at radius 3 is 2.32 bits per heavy atom. The fourth-order valence-electron chi connectivity index (χ4n) is 4.05. The molecule has 6 nitrogen and oxygen atoms in total. The Morgan fingerprint density at radius 1 is 0.935 bits per heavy atom. The number of carbonyl (C=O) groups excluding carboxylic acids is 3. The van der Waals surface area contributed by atoms with E-state index in [1.54, 1.807) is 46.9 Å². The van der Waals surface area contributed by atoms with E-state index in [2.05, 4.69) is 10.3 Å². The van der Waals surface area contributed by atoms with E-state index < -0.39 is 0 Å². The van der Waals surface area contributed by atoms with Gasteiger partial charge in [-0.15, -0.1) is 0 Å². The first-order valence-corrected chi connectivity index (χ1v) is 10.1. The number of hydrogen-bond acceptors (Lipinski definition) is 4. The second-order valence-electron chi connectivity index (χ2n) is 7.61. The minimum atomic E-state index is -0.315. The first-order chi connectivity index (χ1) is 15.0. The van der Waals surface area contributed by atoms with Crippen LogP contribution in [0.5, 0.6) is 0 Å². The molecule has 0 saturated carbocycles. The highest BCUT2D eigenvalue weighted by molar-refractivity contribution is 6.28. The highest BCUT2D eigenvalue weighted by Gasteiger charge is 2.29. The van der Waals surface area contributed by atoms with Gasteiger partial charge in [0.2, 0.25) is 0 Å². The molecule has 4 aromatic rings. The minimum Gasteiger partial charge on any atom is -0.321 e. The standard InChI is InChI=1S/C25H19N3O3/c1-3-20-22(28-13-14(2)8-11-21(28)27-20)25(31)26-15-9-10-18-19(12-15)24(30)17-7-5-4-6-16(17)23(18)29/h4-13H,3H2,1-2H3,(H,26,31). The molecule has 0 radical (unpaired) electrons. The van der Waals surface area contributed by atoms with E-state index in [0.29, 0.717) is 51.4 Å². The fourth-order valence-corrected chi connectivity index (χ4v) is 4.05. The second-order valence-corrected chi connectivity index (χ2v) is 7.61. The molecule has 0 atom stereocenters. The second kappa shape index (κ2) is 7.02. The normalized spacial score (nSPS) is 12.6. The molecule has 1 aliphatic carbocycles. The molecule has 152 valence electrons. The minimum absolute atomic E-state index is 0.186. The van der Waals surface area contributed by atoms with Gasteiger partial charge in [0, 0.05) is 34.1 Å². The Balaban J connectivity index is 1.53. The Kier molecular flexibility index (Phi) is 4.29. The molecule has 2 aromatic heterocycles. The molecule has 0 unspecified atom stereocenters. The third kappa shape index (κ3) is 2.95. The molecule has 1 aliphatic rings. The zero-order valence-corrected chi connectivity index (χ0v) is 17.1. The largest absolute Gasteiger partial charge is 0.321 e. The van der Waals surface area contributed by atoms with Gasteiger partial charge in [0.25, 0.3) is 5.91 Å². The number of nitrogens with zero attached hydrogens (tertiary/aromatic N) is 2. The van der Waals surface area contributed by atoms with Crippen LogP contribution in [-0.2, 0) is 6.42 Å². The average Bonchev–Trinajstić information content (AvgIpc) is 3.15. The molecule has 0 bridgehead atoms. The van der Waals surface area contributed by atoms with E-state index in [4.69, 9.17) is 0 Å². The van der Waals surface area contributed by atoms with Gasteiger partial charge < -0.3 is 5.32 Å². The van der Waals surface area contributed by atoms with Crippen molar-refractivity contribution in [2.45, 2.75) is 20.3 Å². The van der Waals surface area contributed by atoms with Crippen molar-refractivity contribution in [3.05, 3.63) is 100.0 Å². The van der Waals surface area contributed by atoms with Gasteiger partial charge >= 0.3 is 0 Å². The van der Waals surface area contributed by atoms with Crippen molar-refractivity contribution >= 4 is 28.8 Å². The fraction of sp³-hybridized carbons (Fsp3) is 0.120. The molecule has 31 heavy (non-hydrogen) atoms. The van der Waals surface area contributed by atoms with Crippen molar-refractivity contribution in [2.24, 2.45) is 0 Å². The van der Waals surface area contributed by atoms with Gasteiger partial charge in [0.15, 0.2) is 11.6 Å². The van der Waals surface area contributed by atoms with Crippen molar-refractivity contribution in [1.29, 1.82) is 0 Å². The van der Waals surface area contributed by atoms with E-state index in [-0.39, 0.29) is 17.5 Å². The molecule has 2 aromatic carbocycles. The van der Waals surface area contributed by atoms with Crippen LogP contribution >= 0.6 is 0 Å². The molecule has 0 saturated heterocycles. The molecular formula is C25H19N3O3. The maximum absolute atomic E-state index is 13.2. The van der Waals surface area contributed by atoms with Gasteiger partial charge in [-0.05, 0) is 43.2 Å². The average molecular weight is 409 g/mol. The van der Waals surface area contributed by atoms with E-state index in [1.807, 2.05) is 32.2 Å². The number of anilines is 1. The van der Waals surface area contributed by atoms with Crippen LogP contribution in [0.3, 0.4) is 0 Å². The first-order valence-electron chi connectivity index (χ1n) is 10.1. The van der Waals surface area contributed by atoms with E-state index in [1.165, 1.54) is 0 Å². The monoisotopic (exact) mass is 409 g/mol. The lowest BCUT2D eigenvalue weighted by Gasteiger charge is -2.18. The summed E-state index contributed by atoms with van der Waals surface area (Å²) in [5, 5.41) is 2.88. The number of rotatable bonds is 3. The van der Waals surface area contributed by atoms with Gasteiger partial charge in [-0.2, -0.15) is 0 Å². The Morgan fingerprint density at radius 2 is 1.61 bits per heavy atom. The number of aromatic nitrogens is 2. The predicted octanol–water partition coefficient (Wildman–Crippen LogP) is 4.23. The summed E-state index contributed by atoms with van der Waals surface area (Å²) in [5.74, 6) is -0.723. The molecule has 5 rings (SSSR count). The van der Waals surface area contributed by atoms with Crippen molar-refractivity contribution in [2.75, 3.05) is 5.32 Å². The van der Waals surface area contributed by atoms with Gasteiger partial charge in [0.05, 0.1) is 5.69 Å². The smallest absolute Gasteiger partial charge is 0.274 e. The summed E-state index contributed by atoms with van der Waals surface area (Å²) in [6.07, 6.45) is 2.49. The lowest BCUT2D eigenvalue weighted by atomic mass is 9.84. The summed E-state index contributed by atoms with van der Waals surface area (Å²) in [5.41, 5.74) is 4.77. The van der Waals surface area contributed by atoms with Crippen LogP contribution in [0.2, 0.25) is 0 Å². The van der Waals surface area contributed by atoms with Crippen LogP contribution < -0.4 is 5.32 Å². The van der Waals surface area contributed by atoms with Crippen LogP contribution in [0, 0.1) is 6.92 Å². The molecule has 1 amide bonds. The predicted molar refractivity (Wildman–Crippen MR) is 117 cm³/mol. The molecule has 1 N–H and O–H groups in total. The number of hydrogen-bond donors (Lipinski definition) is 1. The number of benzene rings is 2. The van der Waals surface area contributed by atoms with Crippen LogP contribution in [0.1, 0.15) is 60.5 Å². The van der Waals surface area contributed by atoms with Crippen LogP contribution in [0.15, 0.2) is 60.8 Å². The van der Waals surface area contributed by atoms with Gasteiger partial charge in [-0.1, -0.05) is 37.3 Å². The maximum atomic E-state index is 13.2. The summed E-state index contributed by atoms with van der Waals surface area (Å²) in [7, 11) is 0. The van der Waals surface area contributed by atoms with Crippen LogP contribution in [-0.4, -0.2) is 26.9 Å². The SMILES string of the molecule is CCc1nc2ccc(C)cn2c1C(=O)Nc1ccc2c(c1)C(=O)c1ccccc1C2=O. The van der Waals surface area contributed by atoms with Gasteiger partial charge in [-0.25, -0.2) is 4.98 Å². The first kappa shape index (κ1) is 18.9. The number of pyridine rings is 1. The molecule has 2 heterocycles. The summed E-state index contributed by atoms with van der Waals surface area (Å²) in [4.78, 5) is 43.5. The van der Waals surface area contributed by atoms with E-state index >= 15 is 0 Å². The number of nitrogens with one attached hydrogen (secondary N) is 1. The highest BCUT2D eigenvalue weighted by Crippen LogP contribution is 2.29. The Hall–Kier alpha value is -4.06. The van der Waals surface area contributed by atoms with Crippen molar-refractivity contribution in [3.8, 4) is 0 Å². The van der Waals surface area contributed by atoms with E-state index in [9.17, 15) is 14.4 Å². The number of ketones is 2. The zero-order chi connectivity index (χ0) is 21.7. The lowest BCUT2D eigenvalue weighted by Crippen LogP contribution is -2.22. The number of imidazole rings is 1. The molecule has 0 fully saturated rings. The Labute approximate surface area is 178 Å². The van der Waals surface area contributed by atoms with Gasteiger partial charge in [-0.3, -0.25) is 18.8 Å². The van der Waals surface area contributed by atoms with Crippen molar-refractivity contribution < 1.29 is 14.4 Å². The highest BCUT2D eigenvalue weighted by atomic mass is 16.2. The van der Waals surface area contributed by atoms with Crippen molar-refractivity contribution in [1.82, 2.24) is 9.38 Å². The number of amides is 1. The molecule has 6 heteroatoms. The molecule has 0 spiro atoms. The zero-order valence-electron chi connectivity index (χ0n) is 17.1. The molecule has 0 aliphatic heterocycles. The summed E-state index contributed by atoms with van der Waals surface area (Å²) in [6.45, 7) is 3.91. The quantitative estimate of drug-likeness (QED) is 0.483. The van der Waals surface area contributed by atoms with Crippen LogP contribution in [0.25, 0.3) is 5.65 Å². The number of carbonyl (C=O) groups is 3. The third-order valence-corrected chi connectivity index (χ3v) is 5.57. The Bertz CT molecular complexity index is 1420. The van der Waals surface area contributed by atoms with E-state index in [0.717, 1.165) is 5.56 Å². The summed E-state index contributed by atoms with van der Waals surface area (Å²) in [6, 6.07) is 15.4. The van der Waals surface area contributed by atoms with Crippen LogP contribution in [0.4, 0.5) is 5.69 Å². The molecular weight excluding hydrogens is 390 g/mol. The topological polar surface area (TPSA) is 80.5 Å². The summed E-state index contributed by atoms with van der Waals surface area (Å²) < 4.78 is 1.78. The van der Waals surface area contributed by atoms with Gasteiger partial charge in [0.1, 0.15) is 11.3 Å². The maximum Gasteiger partial charge on any atom is 0.274 e.